The Balaban J connectivity index is 1.44. The zero-order chi connectivity index (χ0) is 19.0. The fourth-order valence-electron chi connectivity index (χ4n) is 3.93. The number of carbonyl (C=O) groups excluding carboxylic acids is 2. The molecule has 0 bridgehead atoms. The third-order valence-electron chi connectivity index (χ3n) is 5.50. The number of amides is 2. The summed E-state index contributed by atoms with van der Waals surface area (Å²) in [7, 11) is 0. The van der Waals surface area contributed by atoms with Crippen molar-refractivity contribution in [1.29, 1.82) is 0 Å². The second kappa shape index (κ2) is 7.43. The first kappa shape index (κ1) is 18.2. The highest BCUT2D eigenvalue weighted by atomic mass is 32.1. The number of anilines is 1. The lowest BCUT2D eigenvalue weighted by atomic mass is 9.87. The van der Waals surface area contributed by atoms with E-state index >= 15 is 0 Å². The molecule has 1 N–H and O–H groups in total. The molecule has 6 heteroatoms. The Labute approximate surface area is 162 Å². The van der Waals surface area contributed by atoms with Crippen LogP contribution in [0.3, 0.4) is 0 Å². The maximum atomic E-state index is 13.2. The van der Waals surface area contributed by atoms with E-state index in [1.54, 1.807) is 24.3 Å². The van der Waals surface area contributed by atoms with Gasteiger partial charge in [-0.25, -0.2) is 4.39 Å². The molecule has 1 saturated heterocycles. The minimum Gasteiger partial charge on any atom is -0.338 e. The van der Waals surface area contributed by atoms with Crippen LogP contribution in [0.5, 0.6) is 0 Å². The molecule has 2 aromatic rings. The Bertz CT molecular complexity index is 886. The van der Waals surface area contributed by atoms with E-state index < -0.39 is 0 Å². The van der Waals surface area contributed by atoms with Crippen LogP contribution >= 0.6 is 11.3 Å². The van der Waals surface area contributed by atoms with Crippen molar-refractivity contribution in [1.82, 2.24) is 4.90 Å². The third-order valence-corrected chi connectivity index (χ3v) is 6.73. The van der Waals surface area contributed by atoms with Gasteiger partial charge in [-0.2, -0.15) is 0 Å². The van der Waals surface area contributed by atoms with Gasteiger partial charge < -0.3 is 10.2 Å². The van der Waals surface area contributed by atoms with E-state index in [9.17, 15) is 14.0 Å². The van der Waals surface area contributed by atoms with Crippen molar-refractivity contribution >= 4 is 28.8 Å². The van der Waals surface area contributed by atoms with Gasteiger partial charge >= 0.3 is 0 Å². The fraction of sp³-hybridized carbons (Fsp3) is 0.429. The highest BCUT2D eigenvalue weighted by Crippen LogP contribution is 2.34. The number of carbonyl (C=O) groups is 2. The summed E-state index contributed by atoms with van der Waals surface area (Å²) in [5.74, 6) is -0.323. The molecular weight excluding hydrogens is 363 g/mol. The Morgan fingerprint density at radius 2 is 2.00 bits per heavy atom. The van der Waals surface area contributed by atoms with Crippen LogP contribution in [0.1, 0.15) is 44.9 Å². The van der Waals surface area contributed by atoms with Gasteiger partial charge in [-0.15, -0.1) is 11.3 Å². The van der Waals surface area contributed by atoms with Crippen LogP contribution in [0.4, 0.5) is 10.1 Å². The summed E-state index contributed by atoms with van der Waals surface area (Å²) >= 11 is 1.59. The highest BCUT2D eigenvalue weighted by molar-refractivity contribution is 7.14. The van der Waals surface area contributed by atoms with E-state index in [1.807, 2.05) is 11.0 Å². The van der Waals surface area contributed by atoms with E-state index in [4.69, 9.17) is 0 Å². The van der Waals surface area contributed by atoms with Crippen LogP contribution in [0.25, 0.3) is 0 Å². The van der Waals surface area contributed by atoms with Gasteiger partial charge in [0.1, 0.15) is 5.82 Å². The fourth-order valence-corrected chi connectivity index (χ4v) is 5.11. The van der Waals surface area contributed by atoms with Gasteiger partial charge in [-0.1, -0.05) is 0 Å². The molecule has 1 atom stereocenters. The number of aryl methyl sites for hydroxylation is 2. The number of benzene rings is 1. The van der Waals surface area contributed by atoms with Crippen LogP contribution in [-0.4, -0.2) is 29.8 Å². The molecule has 0 saturated carbocycles. The second-order valence-corrected chi connectivity index (χ2v) is 8.58. The van der Waals surface area contributed by atoms with Crippen LogP contribution < -0.4 is 5.32 Å². The minimum absolute atomic E-state index is 0.0334. The molecule has 27 heavy (non-hydrogen) atoms. The average molecular weight is 386 g/mol. The molecule has 1 aliphatic heterocycles. The standard InChI is InChI=1S/C21H23FN2O2S/c1-13-10-16(22)5-6-17(13)23-20(25)14-4-7-18-15(11-14)12-19(27-18)21(26)24-8-2-3-9-24/h5-6,10,12,14H,2-4,7-9,11H2,1H3,(H,23,25)/t14-/m1/s1. The molecule has 2 heterocycles. The van der Waals surface area contributed by atoms with Gasteiger partial charge in [0, 0.05) is 29.6 Å². The predicted octanol–water partition coefficient (Wildman–Crippen LogP) is 4.18. The molecule has 0 spiro atoms. The molecule has 142 valence electrons. The number of likely N-dealkylation sites (tertiary alicyclic amines) is 1. The first-order valence-corrected chi connectivity index (χ1v) is 10.3. The van der Waals surface area contributed by atoms with Crippen molar-refractivity contribution < 1.29 is 14.0 Å². The quantitative estimate of drug-likeness (QED) is 0.860. The van der Waals surface area contributed by atoms with Crippen molar-refractivity contribution in [3.8, 4) is 0 Å². The first-order chi connectivity index (χ1) is 13.0. The molecule has 1 fully saturated rings. The number of hydrogen-bond donors (Lipinski definition) is 1. The van der Waals surface area contributed by atoms with Gasteiger partial charge in [0.05, 0.1) is 4.88 Å². The normalized spacial score (nSPS) is 19.0. The lowest BCUT2D eigenvalue weighted by Gasteiger charge is -2.21. The predicted molar refractivity (Wildman–Crippen MR) is 105 cm³/mol. The van der Waals surface area contributed by atoms with Gasteiger partial charge in [-0.05, 0) is 74.4 Å². The SMILES string of the molecule is Cc1cc(F)ccc1NC(=O)[C@@H]1CCc2sc(C(=O)N3CCCC3)cc2C1. The molecular formula is C21H23FN2O2S. The van der Waals surface area contributed by atoms with Crippen molar-refractivity contribution in [2.75, 3.05) is 18.4 Å². The lowest BCUT2D eigenvalue weighted by molar-refractivity contribution is -0.120. The summed E-state index contributed by atoms with van der Waals surface area (Å²) in [6.07, 6.45) is 4.43. The van der Waals surface area contributed by atoms with Gasteiger partial charge in [0.25, 0.3) is 5.91 Å². The minimum atomic E-state index is -0.304. The van der Waals surface area contributed by atoms with Gasteiger partial charge in [0.15, 0.2) is 0 Å². The van der Waals surface area contributed by atoms with Crippen LogP contribution in [0, 0.1) is 18.7 Å². The van der Waals surface area contributed by atoms with E-state index in [0.717, 1.165) is 49.2 Å². The smallest absolute Gasteiger partial charge is 0.263 e. The Morgan fingerprint density at radius 3 is 2.74 bits per heavy atom. The molecule has 1 aliphatic carbocycles. The first-order valence-electron chi connectivity index (χ1n) is 9.49. The number of fused-ring (bicyclic) bond motifs is 1. The Kier molecular flexibility index (Phi) is 5.00. The summed E-state index contributed by atoms with van der Waals surface area (Å²) in [5.41, 5.74) is 2.50. The lowest BCUT2D eigenvalue weighted by Crippen LogP contribution is -2.28. The topological polar surface area (TPSA) is 49.4 Å². The van der Waals surface area contributed by atoms with Crippen molar-refractivity contribution in [3.63, 3.8) is 0 Å². The maximum Gasteiger partial charge on any atom is 0.263 e. The summed E-state index contributed by atoms with van der Waals surface area (Å²) in [4.78, 5) is 29.3. The van der Waals surface area contributed by atoms with E-state index in [0.29, 0.717) is 17.7 Å². The number of hydrogen-bond acceptors (Lipinski definition) is 3. The van der Waals surface area contributed by atoms with Crippen LogP contribution in [0.15, 0.2) is 24.3 Å². The highest BCUT2D eigenvalue weighted by Gasteiger charge is 2.29. The number of rotatable bonds is 3. The van der Waals surface area contributed by atoms with Crippen molar-refractivity contribution in [2.45, 2.75) is 39.0 Å². The summed E-state index contributed by atoms with van der Waals surface area (Å²) in [5, 5.41) is 2.93. The second-order valence-electron chi connectivity index (χ2n) is 7.45. The van der Waals surface area contributed by atoms with Crippen molar-refractivity contribution in [3.05, 3.63) is 51.0 Å². The van der Waals surface area contributed by atoms with Crippen molar-refractivity contribution in [2.24, 2.45) is 5.92 Å². The molecule has 2 amide bonds. The summed E-state index contributed by atoms with van der Waals surface area (Å²) in [6.45, 7) is 3.49. The molecule has 0 unspecified atom stereocenters. The summed E-state index contributed by atoms with van der Waals surface area (Å²) in [6, 6.07) is 6.37. The van der Waals surface area contributed by atoms with Gasteiger partial charge in [-0.3, -0.25) is 9.59 Å². The van der Waals surface area contributed by atoms with E-state index in [2.05, 4.69) is 5.32 Å². The number of thiophene rings is 1. The average Bonchev–Trinajstić information content (AvgIpc) is 3.32. The molecule has 2 aliphatic rings. The number of halogens is 1. The van der Waals surface area contributed by atoms with Gasteiger partial charge in [0.2, 0.25) is 5.91 Å². The Hall–Kier alpha value is -2.21. The molecule has 4 nitrogen and oxygen atoms in total. The number of nitrogens with zero attached hydrogens (tertiary/aromatic N) is 1. The van der Waals surface area contributed by atoms with E-state index in [-0.39, 0.29) is 23.5 Å². The largest absolute Gasteiger partial charge is 0.338 e. The zero-order valence-electron chi connectivity index (χ0n) is 15.4. The van der Waals surface area contributed by atoms with Crippen LogP contribution in [-0.2, 0) is 17.6 Å². The van der Waals surface area contributed by atoms with E-state index in [1.165, 1.54) is 17.0 Å². The Morgan fingerprint density at radius 1 is 1.22 bits per heavy atom. The zero-order valence-corrected chi connectivity index (χ0v) is 16.2. The summed E-state index contributed by atoms with van der Waals surface area (Å²) < 4.78 is 13.2. The monoisotopic (exact) mass is 386 g/mol. The molecule has 4 rings (SSSR count). The molecule has 0 radical (unpaired) electrons. The number of nitrogens with one attached hydrogen (secondary N) is 1. The molecule has 1 aromatic carbocycles. The maximum absolute atomic E-state index is 13.2. The third kappa shape index (κ3) is 3.76. The van der Waals surface area contributed by atoms with Crippen LogP contribution in [0.2, 0.25) is 0 Å². The molecule has 1 aromatic heterocycles.